The van der Waals surface area contributed by atoms with Crippen molar-refractivity contribution in [1.29, 1.82) is 0 Å². The lowest BCUT2D eigenvalue weighted by Crippen LogP contribution is -2.16. The Balaban J connectivity index is 1.51. The van der Waals surface area contributed by atoms with E-state index >= 15 is 0 Å². The van der Waals surface area contributed by atoms with E-state index < -0.39 is 5.63 Å². The Kier molecular flexibility index (Phi) is 5.41. The summed E-state index contributed by atoms with van der Waals surface area (Å²) in [7, 11) is 3.14. The monoisotopic (exact) mass is 424 g/mol. The number of methoxy groups -OCH3 is 2. The molecule has 0 aliphatic rings. The second-order valence-corrected chi connectivity index (χ2v) is 7.76. The Morgan fingerprint density at radius 2 is 2.03 bits per heavy atom. The van der Waals surface area contributed by atoms with E-state index in [0.717, 1.165) is 15.6 Å². The summed E-state index contributed by atoms with van der Waals surface area (Å²) >= 11 is 1.37. The number of nitrogens with one attached hydrogen (secondary N) is 1. The van der Waals surface area contributed by atoms with Gasteiger partial charge in [-0.15, -0.1) is 0 Å². The maximum absolute atomic E-state index is 12.5. The number of carbonyl (C=O) groups is 1. The van der Waals surface area contributed by atoms with Crippen LogP contribution in [0.3, 0.4) is 0 Å². The van der Waals surface area contributed by atoms with Gasteiger partial charge in [0.05, 0.1) is 18.9 Å². The van der Waals surface area contributed by atoms with Gasteiger partial charge in [0.2, 0.25) is 5.91 Å². The molecule has 2 aromatic heterocycles. The number of hydrogen-bond acceptors (Lipinski definition) is 7. The van der Waals surface area contributed by atoms with Crippen molar-refractivity contribution >= 4 is 43.6 Å². The number of carbonyl (C=O) groups excluding carboxylic acids is 1. The van der Waals surface area contributed by atoms with Crippen molar-refractivity contribution in [3.05, 3.63) is 57.9 Å². The third-order valence-corrected chi connectivity index (χ3v) is 5.88. The number of para-hydroxylation sites is 1. The number of aromatic nitrogens is 1. The molecule has 30 heavy (non-hydrogen) atoms. The molecule has 4 aromatic rings. The molecular weight excluding hydrogens is 404 g/mol. The molecule has 0 bridgehead atoms. The fourth-order valence-electron chi connectivity index (χ4n) is 3.35. The molecule has 4 rings (SSSR count). The number of fused-ring (bicyclic) bond motifs is 2. The quantitative estimate of drug-likeness (QED) is 0.464. The van der Waals surface area contributed by atoms with Crippen LogP contribution in [0.5, 0.6) is 11.5 Å². The summed E-state index contributed by atoms with van der Waals surface area (Å²) in [5.74, 6) is 1.05. The van der Waals surface area contributed by atoms with Crippen LogP contribution in [0.1, 0.15) is 17.5 Å². The molecule has 0 saturated carbocycles. The van der Waals surface area contributed by atoms with Crippen molar-refractivity contribution in [3.63, 3.8) is 0 Å². The zero-order valence-electron chi connectivity index (χ0n) is 16.8. The smallest absolute Gasteiger partial charge is 0.339 e. The van der Waals surface area contributed by atoms with Gasteiger partial charge < -0.3 is 19.2 Å². The number of amides is 1. The average Bonchev–Trinajstić information content (AvgIpc) is 3.15. The van der Waals surface area contributed by atoms with Crippen LogP contribution in [0, 0.1) is 6.92 Å². The minimum atomic E-state index is -0.439. The van der Waals surface area contributed by atoms with E-state index in [0.29, 0.717) is 33.3 Å². The van der Waals surface area contributed by atoms with Gasteiger partial charge in [-0.1, -0.05) is 17.4 Å². The second-order valence-electron chi connectivity index (χ2n) is 6.73. The lowest BCUT2D eigenvalue weighted by atomic mass is 10.0. The van der Waals surface area contributed by atoms with Gasteiger partial charge in [0.1, 0.15) is 22.6 Å². The number of nitrogens with zero attached hydrogens (tertiary/aromatic N) is 1. The largest absolute Gasteiger partial charge is 0.497 e. The van der Waals surface area contributed by atoms with Gasteiger partial charge in [0, 0.05) is 23.4 Å². The molecule has 0 spiro atoms. The predicted molar refractivity (Wildman–Crippen MR) is 117 cm³/mol. The molecule has 0 fully saturated rings. The molecule has 1 amide bonds. The SMILES string of the molecule is COc1ccc2c(C)c(CCC(=O)Nc3nc4c(OC)cccc4s3)c(=O)oc2c1. The molecule has 7 nitrogen and oxygen atoms in total. The first-order valence-electron chi connectivity index (χ1n) is 9.34. The van der Waals surface area contributed by atoms with Crippen molar-refractivity contribution in [2.75, 3.05) is 19.5 Å². The summed E-state index contributed by atoms with van der Waals surface area (Å²) in [5.41, 5.74) is 2.04. The minimum Gasteiger partial charge on any atom is -0.497 e. The van der Waals surface area contributed by atoms with Gasteiger partial charge in [0.15, 0.2) is 5.13 Å². The highest BCUT2D eigenvalue weighted by Crippen LogP contribution is 2.32. The molecule has 0 unspecified atom stereocenters. The third-order valence-electron chi connectivity index (χ3n) is 4.94. The zero-order chi connectivity index (χ0) is 21.3. The van der Waals surface area contributed by atoms with E-state index in [2.05, 4.69) is 10.3 Å². The van der Waals surface area contributed by atoms with E-state index in [-0.39, 0.29) is 18.7 Å². The van der Waals surface area contributed by atoms with Crippen LogP contribution < -0.4 is 20.4 Å². The van der Waals surface area contributed by atoms with E-state index in [4.69, 9.17) is 13.9 Å². The summed E-state index contributed by atoms with van der Waals surface area (Å²) in [6.07, 6.45) is 0.413. The molecule has 1 N–H and O–H groups in total. The standard InChI is InChI=1S/C22H20N2O5S/c1-12-14-8-7-13(27-2)11-17(14)29-21(26)15(12)9-10-19(25)23-22-24-20-16(28-3)5-4-6-18(20)30-22/h4-8,11H,9-10H2,1-3H3,(H,23,24,25). The van der Waals surface area contributed by atoms with Crippen molar-refractivity contribution in [3.8, 4) is 11.5 Å². The predicted octanol–water partition coefficient (Wildman–Crippen LogP) is 4.30. The Morgan fingerprint density at radius 1 is 1.20 bits per heavy atom. The van der Waals surface area contributed by atoms with Crippen LogP contribution in [-0.4, -0.2) is 25.1 Å². The lowest BCUT2D eigenvalue weighted by Gasteiger charge is -2.08. The average molecular weight is 424 g/mol. The van der Waals surface area contributed by atoms with Gasteiger partial charge in [-0.2, -0.15) is 0 Å². The Hall–Kier alpha value is -3.39. The molecule has 2 heterocycles. The Morgan fingerprint density at radius 3 is 2.80 bits per heavy atom. The number of hydrogen-bond donors (Lipinski definition) is 1. The highest BCUT2D eigenvalue weighted by atomic mass is 32.1. The molecular formula is C22H20N2O5S. The number of ether oxygens (including phenoxy) is 2. The van der Waals surface area contributed by atoms with Gasteiger partial charge >= 0.3 is 5.63 Å². The second kappa shape index (κ2) is 8.16. The Labute approximate surface area is 176 Å². The molecule has 0 aliphatic carbocycles. The van der Waals surface area contributed by atoms with Crippen LogP contribution >= 0.6 is 11.3 Å². The zero-order valence-corrected chi connectivity index (χ0v) is 17.6. The first-order valence-corrected chi connectivity index (χ1v) is 10.2. The van der Waals surface area contributed by atoms with Crippen molar-refractivity contribution in [2.45, 2.75) is 19.8 Å². The molecule has 2 aromatic carbocycles. The summed E-state index contributed by atoms with van der Waals surface area (Å²) in [4.78, 5) is 29.4. The summed E-state index contributed by atoms with van der Waals surface area (Å²) in [6.45, 7) is 1.86. The number of anilines is 1. The van der Waals surface area contributed by atoms with Crippen LogP contribution in [0.2, 0.25) is 0 Å². The highest BCUT2D eigenvalue weighted by Gasteiger charge is 2.15. The van der Waals surface area contributed by atoms with E-state index in [1.165, 1.54) is 11.3 Å². The highest BCUT2D eigenvalue weighted by molar-refractivity contribution is 7.22. The number of benzene rings is 2. The molecule has 0 aliphatic heterocycles. The maximum Gasteiger partial charge on any atom is 0.339 e. The fourth-order valence-corrected chi connectivity index (χ4v) is 4.25. The molecule has 0 radical (unpaired) electrons. The number of thiazole rings is 1. The topological polar surface area (TPSA) is 90.7 Å². The van der Waals surface area contributed by atoms with E-state index in [1.54, 1.807) is 20.3 Å². The van der Waals surface area contributed by atoms with Crippen molar-refractivity contribution in [2.24, 2.45) is 0 Å². The molecule has 0 saturated heterocycles. The van der Waals surface area contributed by atoms with Crippen LogP contribution in [0.4, 0.5) is 5.13 Å². The van der Waals surface area contributed by atoms with Crippen LogP contribution in [0.15, 0.2) is 45.6 Å². The van der Waals surface area contributed by atoms with Crippen LogP contribution in [0.25, 0.3) is 21.2 Å². The first-order chi connectivity index (χ1) is 14.5. The Bertz CT molecular complexity index is 1310. The van der Waals surface area contributed by atoms with Crippen molar-refractivity contribution in [1.82, 2.24) is 4.98 Å². The van der Waals surface area contributed by atoms with E-state index in [1.807, 2.05) is 37.3 Å². The van der Waals surface area contributed by atoms with Crippen molar-refractivity contribution < 1.29 is 18.7 Å². The fraction of sp³-hybridized carbons (Fsp3) is 0.227. The maximum atomic E-state index is 12.5. The van der Waals surface area contributed by atoms with Gasteiger partial charge in [-0.3, -0.25) is 4.79 Å². The van der Waals surface area contributed by atoms with Gasteiger partial charge in [0.25, 0.3) is 0 Å². The van der Waals surface area contributed by atoms with Crippen LogP contribution in [-0.2, 0) is 11.2 Å². The molecule has 8 heteroatoms. The van der Waals surface area contributed by atoms with Gasteiger partial charge in [-0.25, -0.2) is 9.78 Å². The summed E-state index contributed by atoms with van der Waals surface area (Å²) < 4.78 is 16.8. The summed E-state index contributed by atoms with van der Waals surface area (Å²) in [5, 5.41) is 4.13. The normalized spacial score (nSPS) is 11.0. The first kappa shape index (κ1) is 19.9. The third kappa shape index (κ3) is 3.73. The lowest BCUT2D eigenvalue weighted by molar-refractivity contribution is -0.116. The van der Waals surface area contributed by atoms with Gasteiger partial charge in [-0.05, 0) is 43.2 Å². The number of aryl methyl sites for hydroxylation is 1. The molecule has 154 valence electrons. The number of rotatable bonds is 6. The summed E-state index contributed by atoms with van der Waals surface area (Å²) in [6, 6.07) is 11.0. The minimum absolute atomic E-state index is 0.139. The molecule has 0 atom stereocenters. The van der Waals surface area contributed by atoms with E-state index in [9.17, 15) is 9.59 Å².